The largest absolute Gasteiger partial charge is 0.481 e. The maximum absolute atomic E-state index is 12.1. The lowest BCUT2D eigenvalue weighted by atomic mass is 9.93. The van der Waals surface area contributed by atoms with Gasteiger partial charge in [0.25, 0.3) is 0 Å². The minimum atomic E-state index is -3.29. The molecule has 0 aromatic carbocycles. The van der Waals surface area contributed by atoms with Crippen LogP contribution in [0.4, 0.5) is 0 Å². The second kappa shape index (κ2) is 6.74. The molecule has 0 saturated carbocycles. The van der Waals surface area contributed by atoms with Crippen molar-refractivity contribution in [2.75, 3.05) is 25.4 Å². The van der Waals surface area contributed by atoms with E-state index in [2.05, 4.69) is 5.32 Å². The number of rotatable bonds is 6. The summed E-state index contributed by atoms with van der Waals surface area (Å²) in [6.07, 6.45) is 1.26. The zero-order chi connectivity index (χ0) is 16.3. The van der Waals surface area contributed by atoms with E-state index >= 15 is 0 Å². The summed E-state index contributed by atoms with van der Waals surface area (Å²) >= 11 is 0. The van der Waals surface area contributed by atoms with E-state index in [0.717, 1.165) is 0 Å². The summed E-state index contributed by atoms with van der Waals surface area (Å²) < 4.78 is 25.0. The molecule has 7 nitrogen and oxygen atoms in total. The summed E-state index contributed by atoms with van der Waals surface area (Å²) in [6.45, 7) is 5.29. The number of nitrogens with zero attached hydrogens (tertiary/aromatic N) is 1. The van der Waals surface area contributed by atoms with Gasteiger partial charge in [-0.2, -0.15) is 0 Å². The number of amides is 1. The number of hydrogen-bond acceptors (Lipinski definition) is 4. The van der Waals surface area contributed by atoms with Gasteiger partial charge in [-0.15, -0.1) is 0 Å². The summed E-state index contributed by atoms with van der Waals surface area (Å²) in [6, 6.07) is 0. The number of carbonyl (C=O) groups excluding carboxylic acids is 1. The number of carboxylic acid groups (broad SMARTS) is 1. The fourth-order valence-corrected chi connectivity index (χ4v) is 3.30. The maximum Gasteiger partial charge on any atom is 0.310 e. The summed E-state index contributed by atoms with van der Waals surface area (Å²) in [5.74, 6) is -1.65. The first-order valence-corrected chi connectivity index (χ1v) is 8.70. The number of aliphatic carboxylic acids is 1. The zero-order valence-electron chi connectivity index (χ0n) is 12.8. The minimum absolute atomic E-state index is 0.0212. The molecule has 0 aliphatic carbocycles. The number of sulfonamides is 1. The zero-order valence-corrected chi connectivity index (χ0v) is 13.6. The molecule has 8 heteroatoms. The van der Waals surface area contributed by atoms with Gasteiger partial charge in [-0.3, -0.25) is 9.59 Å². The molecule has 0 aromatic rings. The average Bonchev–Trinajstić information content (AvgIpc) is 2.44. The third-order valence-corrected chi connectivity index (χ3v) is 5.64. The van der Waals surface area contributed by atoms with Crippen LogP contribution in [0.1, 0.15) is 33.6 Å². The van der Waals surface area contributed by atoms with Gasteiger partial charge in [0.15, 0.2) is 0 Å². The fourth-order valence-electron chi connectivity index (χ4n) is 2.12. The van der Waals surface area contributed by atoms with Crippen LogP contribution in [0.3, 0.4) is 0 Å². The van der Waals surface area contributed by atoms with E-state index in [0.29, 0.717) is 19.4 Å². The lowest BCUT2D eigenvalue weighted by molar-refractivity contribution is -0.146. The summed E-state index contributed by atoms with van der Waals surface area (Å²) in [7, 11) is -3.29. The van der Waals surface area contributed by atoms with Gasteiger partial charge < -0.3 is 10.4 Å². The third kappa shape index (κ3) is 4.67. The molecule has 0 aromatic heterocycles. The summed E-state index contributed by atoms with van der Waals surface area (Å²) in [5, 5.41) is 11.6. The quantitative estimate of drug-likeness (QED) is 0.731. The smallest absolute Gasteiger partial charge is 0.310 e. The van der Waals surface area contributed by atoms with E-state index in [4.69, 9.17) is 5.11 Å². The first-order chi connectivity index (χ1) is 9.60. The van der Waals surface area contributed by atoms with Crippen LogP contribution < -0.4 is 5.32 Å². The Labute approximate surface area is 125 Å². The SMILES string of the molecule is CCS(=O)(=O)N1CCCC(C(=O)NCC(C)(C)C(=O)O)C1. The Balaban J connectivity index is 2.61. The lowest BCUT2D eigenvalue weighted by Gasteiger charge is -2.31. The van der Waals surface area contributed by atoms with Gasteiger partial charge in [-0.25, -0.2) is 12.7 Å². The molecule has 1 aliphatic heterocycles. The van der Waals surface area contributed by atoms with Crippen molar-refractivity contribution in [3.05, 3.63) is 0 Å². The van der Waals surface area contributed by atoms with Gasteiger partial charge in [0.05, 0.1) is 17.1 Å². The van der Waals surface area contributed by atoms with Gasteiger partial charge in [0.2, 0.25) is 15.9 Å². The second-order valence-corrected chi connectivity index (χ2v) is 8.26. The Hall–Kier alpha value is -1.15. The maximum atomic E-state index is 12.1. The van der Waals surface area contributed by atoms with Gasteiger partial charge >= 0.3 is 5.97 Å². The molecule has 122 valence electrons. The molecule has 1 amide bonds. The predicted octanol–water partition coefficient (Wildman–Crippen LogP) is 0.275. The second-order valence-electron chi connectivity index (χ2n) is 6.00. The molecular weight excluding hydrogens is 296 g/mol. The Bertz CT molecular complexity index is 501. The summed E-state index contributed by atoms with van der Waals surface area (Å²) in [5.41, 5.74) is -1.04. The van der Waals surface area contributed by atoms with Crippen molar-refractivity contribution in [3.8, 4) is 0 Å². The molecule has 0 bridgehead atoms. The lowest BCUT2D eigenvalue weighted by Crippen LogP contribution is -2.48. The molecular formula is C13H24N2O5S. The third-order valence-electron chi connectivity index (χ3n) is 3.80. The minimum Gasteiger partial charge on any atom is -0.481 e. The van der Waals surface area contributed by atoms with E-state index in [1.54, 1.807) is 6.92 Å². The van der Waals surface area contributed by atoms with Crippen LogP contribution in [-0.2, 0) is 19.6 Å². The van der Waals surface area contributed by atoms with Crippen molar-refractivity contribution in [1.29, 1.82) is 0 Å². The average molecular weight is 320 g/mol. The van der Waals surface area contributed by atoms with E-state index < -0.39 is 27.3 Å². The topological polar surface area (TPSA) is 104 Å². The van der Waals surface area contributed by atoms with Gasteiger partial charge in [0, 0.05) is 19.6 Å². The number of carboxylic acids is 1. The first-order valence-electron chi connectivity index (χ1n) is 7.09. The van der Waals surface area contributed by atoms with Crippen molar-refractivity contribution in [3.63, 3.8) is 0 Å². The van der Waals surface area contributed by atoms with Crippen LogP contribution in [0.15, 0.2) is 0 Å². The van der Waals surface area contributed by atoms with Crippen molar-refractivity contribution in [1.82, 2.24) is 9.62 Å². The van der Waals surface area contributed by atoms with E-state index in [-0.39, 0.29) is 24.7 Å². The monoisotopic (exact) mass is 320 g/mol. The van der Waals surface area contributed by atoms with Crippen LogP contribution in [0.25, 0.3) is 0 Å². The van der Waals surface area contributed by atoms with Crippen LogP contribution in [-0.4, -0.2) is 55.1 Å². The molecule has 0 spiro atoms. The number of hydrogen-bond donors (Lipinski definition) is 2. The Morgan fingerprint density at radius 3 is 2.52 bits per heavy atom. The molecule has 1 heterocycles. The normalized spacial score (nSPS) is 21.0. The molecule has 1 aliphatic rings. The van der Waals surface area contributed by atoms with Crippen LogP contribution in [0.5, 0.6) is 0 Å². The van der Waals surface area contributed by atoms with E-state index in [1.165, 1.54) is 18.2 Å². The number of nitrogens with one attached hydrogen (secondary N) is 1. The van der Waals surface area contributed by atoms with Crippen molar-refractivity contribution in [2.24, 2.45) is 11.3 Å². The Morgan fingerprint density at radius 1 is 1.38 bits per heavy atom. The molecule has 2 N–H and O–H groups in total. The molecule has 1 unspecified atom stereocenters. The van der Waals surface area contributed by atoms with Crippen LogP contribution in [0.2, 0.25) is 0 Å². The molecule has 1 fully saturated rings. The fraction of sp³-hybridized carbons (Fsp3) is 0.846. The van der Waals surface area contributed by atoms with Crippen LogP contribution >= 0.6 is 0 Å². The predicted molar refractivity (Wildman–Crippen MR) is 78.2 cm³/mol. The molecule has 1 saturated heterocycles. The van der Waals surface area contributed by atoms with Crippen molar-refractivity contribution >= 4 is 21.9 Å². The first kappa shape index (κ1) is 17.9. The molecule has 1 atom stereocenters. The Kier molecular flexibility index (Phi) is 5.75. The molecule has 1 rings (SSSR count). The summed E-state index contributed by atoms with van der Waals surface area (Å²) in [4.78, 5) is 23.1. The number of piperidine rings is 1. The van der Waals surface area contributed by atoms with E-state index in [9.17, 15) is 18.0 Å². The standard InChI is InChI=1S/C13H24N2O5S/c1-4-21(19,20)15-7-5-6-10(8-15)11(16)14-9-13(2,3)12(17)18/h10H,4-9H2,1-3H3,(H,14,16)(H,17,18). The highest BCUT2D eigenvalue weighted by atomic mass is 32.2. The highest BCUT2D eigenvalue weighted by Gasteiger charge is 2.33. The molecule has 0 radical (unpaired) electrons. The molecule has 21 heavy (non-hydrogen) atoms. The highest BCUT2D eigenvalue weighted by molar-refractivity contribution is 7.89. The van der Waals surface area contributed by atoms with Crippen LogP contribution in [0, 0.1) is 11.3 Å². The van der Waals surface area contributed by atoms with Crippen molar-refractivity contribution < 1.29 is 23.1 Å². The van der Waals surface area contributed by atoms with Gasteiger partial charge in [-0.05, 0) is 33.6 Å². The Morgan fingerprint density at radius 2 is 2.00 bits per heavy atom. The highest BCUT2D eigenvalue weighted by Crippen LogP contribution is 2.20. The van der Waals surface area contributed by atoms with Crippen molar-refractivity contribution in [2.45, 2.75) is 33.6 Å². The van der Waals surface area contributed by atoms with Gasteiger partial charge in [0.1, 0.15) is 0 Å². The number of carbonyl (C=O) groups is 2. The van der Waals surface area contributed by atoms with E-state index in [1.807, 2.05) is 0 Å². The van der Waals surface area contributed by atoms with Gasteiger partial charge in [-0.1, -0.05) is 0 Å².